The molecule has 0 saturated carbocycles. The number of methoxy groups -OCH3 is 1. The number of nitrogens with one attached hydrogen (secondary N) is 1. The van der Waals surface area contributed by atoms with Crippen LogP contribution < -0.4 is 10.1 Å². The Hall–Kier alpha value is -1.48. The van der Waals surface area contributed by atoms with Crippen LogP contribution in [0.2, 0.25) is 0 Å². The average Bonchev–Trinajstić information content (AvgIpc) is 2.52. The molecule has 0 radical (unpaired) electrons. The Labute approximate surface area is 95.0 Å². The van der Waals surface area contributed by atoms with Crippen molar-refractivity contribution in [1.82, 2.24) is 9.88 Å². The van der Waals surface area contributed by atoms with E-state index in [0.29, 0.717) is 0 Å². The number of fused-ring (bicyclic) bond motifs is 3. The van der Waals surface area contributed by atoms with Crippen molar-refractivity contribution < 1.29 is 4.74 Å². The maximum absolute atomic E-state index is 5.41. The Morgan fingerprint density at radius 3 is 3.12 bits per heavy atom. The second-order valence-corrected chi connectivity index (χ2v) is 4.18. The average molecular weight is 216 g/mol. The van der Waals surface area contributed by atoms with Gasteiger partial charge in [-0.1, -0.05) is 6.07 Å². The van der Waals surface area contributed by atoms with Gasteiger partial charge in [0.25, 0.3) is 0 Å². The van der Waals surface area contributed by atoms with Crippen LogP contribution in [0, 0.1) is 0 Å². The molecular weight excluding hydrogens is 200 g/mol. The lowest BCUT2D eigenvalue weighted by Crippen LogP contribution is -2.17. The normalized spacial score (nSPS) is 15.8. The summed E-state index contributed by atoms with van der Waals surface area (Å²) in [5.74, 6) is 0.978. The van der Waals surface area contributed by atoms with Crippen molar-refractivity contribution in [3.05, 3.63) is 30.0 Å². The van der Waals surface area contributed by atoms with Gasteiger partial charge >= 0.3 is 0 Å². The third-order valence-corrected chi connectivity index (χ3v) is 3.28. The highest BCUT2D eigenvalue weighted by Crippen LogP contribution is 2.29. The van der Waals surface area contributed by atoms with Crippen LogP contribution in [0.3, 0.4) is 0 Å². The lowest BCUT2D eigenvalue weighted by atomic mass is 10.2. The van der Waals surface area contributed by atoms with E-state index in [1.54, 1.807) is 7.11 Å². The third kappa shape index (κ3) is 1.39. The van der Waals surface area contributed by atoms with E-state index in [0.717, 1.165) is 31.8 Å². The fourth-order valence-corrected chi connectivity index (χ4v) is 2.49. The molecule has 0 bridgehead atoms. The quantitative estimate of drug-likeness (QED) is 0.786. The first-order valence-corrected chi connectivity index (χ1v) is 5.76. The van der Waals surface area contributed by atoms with E-state index < -0.39 is 0 Å². The topological polar surface area (TPSA) is 26.2 Å². The van der Waals surface area contributed by atoms with Gasteiger partial charge in [0.15, 0.2) is 0 Å². The largest absolute Gasteiger partial charge is 0.496 e. The van der Waals surface area contributed by atoms with Gasteiger partial charge in [-0.15, -0.1) is 0 Å². The molecule has 3 heteroatoms. The molecule has 1 aromatic carbocycles. The highest BCUT2D eigenvalue weighted by molar-refractivity contribution is 5.87. The number of rotatable bonds is 1. The molecule has 0 spiro atoms. The van der Waals surface area contributed by atoms with Crippen molar-refractivity contribution in [1.29, 1.82) is 0 Å². The summed E-state index contributed by atoms with van der Waals surface area (Å²) in [6, 6.07) is 8.53. The molecule has 3 rings (SSSR count). The molecule has 0 fully saturated rings. The van der Waals surface area contributed by atoms with Crippen molar-refractivity contribution in [2.24, 2.45) is 0 Å². The fourth-order valence-electron chi connectivity index (χ4n) is 2.49. The van der Waals surface area contributed by atoms with E-state index in [1.807, 2.05) is 6.07 Å². The molecule has 1 aliphatic rings. The zero-order valence-corrected chi connectivity index (χ0v) is 9.49. The highest BCUT2D eigenvalue weighted by Gasteiger charge is 2.13. The smallest absolute Gasteiger partial charge is 0.128 e. The Morgan fingerprint density at radius 1 is 1.31 bits per heavy atom. The van der Waals surface area contributed by atoms with E-state index in [1.165, 1.54) is 16.6 Å². The number of ether oxygens (including phenoxy) is 1. The first kappa shape index (κ1) is 9.73. The summed E-state index contributed by atoms with van der Waals surface area (Å²) in [5.41, 5.74) is 2.70. The van der Waals surface area contributed by atoms with Gasteiger partial charge in [0.05, 0.1) is 12.6 Å². The summed E-state index contributed by atoms with van der Waals surface area (Å²) < 4.78 is 7.81. The van der Waals surface area contributed by atoms with Gasteiger partial charge in [0.1, 0.15) is 5.75 Å². The summed E-state index contributed by atoms with van der Waals surface area (Å²) in [6.45, 7) is 3.17. The van der Waals surface area contributed by atoms with Crippen LogP contribution in [0.4, 0.5) is 0 Å². The molecule has 3 nitrogen and oxygen atoms in total. The number of nitrogens with zero attached hydrogens (tertiary/aromatic N) is 1. The number of hydrogen-bond donors (Lipinski definition) is 1. The van der Waals surface area contributed by atoms with Crippen molar-refractivity contribution in [2.75, 3.05) is 20.2 Å². The Balaban J connectivity index is 2.24. The molecule has 84 valence electrons. The van der Waals surface area contributed by atoms with Gasteiger partial charge in [0.2, 0.25) is 0 Å². The predicted octanol–water partition coefficient (Wildman–Crippen LogP) is 1.80. The van der Waals surface area contributed by atoms with E-state index >= 15 is 0 Å². The maximum atomic E-state index is 5.41. The van der Waals surface area contributed by atoms with Gasteiger partial charge in [-0.05, 0) is 18.2 Å². The summed E-state index contributed by atoms with van der Waals surface area (Å²) >= 11 is 0. The van der Waals surface area contributed by atoms with E-state index in [-0.39, 0.29) is 0 Å². The predicted molar refractivity (Wildman–Crippen MR) is 65.1 cm³/mol. The Morgan fingerprint density at radius 2 is 2.25 bits per heavy atom. The summed E-state index contributed by atoms with van der Waals surface area (Å²) in [4.78, 5) is 0. The Kier molecular flexibility index (Phi) is 2.33. The van der Waals surface area contributed by atoms with Crippen LogP contribution >= 0.6 is 0 Å². The zero-order chi connectivity index (χ0) is 11.0. The first-order valence-electron chi connectivity index (χ1n) is 5.76. The van der Waals surface area contributed by atoms with E-state index in [4.69, 9.17) is 4.74 Å². The SMILES string of the molecule is COc1cccc2c1cc1n2CCNCC1. The second-order valence-electron chi connectivity index (χ2n) is 4.18. The minimum absolute atomic E-state index is 0.978. The third-order valence-electron chi connectivity index (χ3n) is 3.28. The molecule has 1 aliphatic heterocycles. The van der Waals surface area contributed by atoms with Crippen molar-refractivity contribution in [2.45, 2.75) is 13.0 Å². The van der Waals surface area contributed by atoms with Crippen LogP contribution in [-0.2, 0) is 13.0 Å². The lowest BCUT2D eigenvalue weighted by Gasteiger charge is -2.06. The lowest BCUT2D eigenvalue weighted by molar-refractivity contribution is 0.420. The van der Waals surface area contributed by atoms with Gasteiger partial charge in [-0.2, -0.15) is 0 Å². The molecule has 0 atom stereocenters. The highest BCUT2D eigenvalue weighted by atomic mass is 16.5. The van der Waals surface area contributed by atoms with Gasteiger partial charge in [-0.3, -0.25) is 0 Å². The maximum Gasteiger partial charge on any atom is 0.128 e. The van der Waals surface area contributed by atoms with Crippen molar-refractivity contribution in [3.8, 4) is 5.75 Å². The monoisotopic (exact) mass is 216 g/mol. The molecule has 2 aromatic rings. The van der Waals surface area contributed by atoms with Gasteiger partial charge in [-0.25, -0.2) is 0 Å². The molecule has 16 heavy (non-hydrogen) atoms. The number of hydrogen-bond acceptors (Lipinski definition) is 2. The fraction of sp³-hybridized carbons (Fsp3) is 0.385. The van der Waals surface area contributed by atoms with E-state index in [2.05, 4.69) is 28.1 Å². The summed E-state index contributed by atoms with van der Waals surface area (Å²) in [5, 5.41) is 4.66. The molecule has 1 aromatic heterocycles. The molecular formula is C13H16N2O. The minimum Gasteiger partial charge on any atom is -0.496 e. The molecule has 1 N–H and O–H groups in total. The summed E-state index contributed by atoms with van der Waals surface area (Å²) in [7, 11) is 1.74. The van der Waals surface area contributed by atoms with Gasteiger partial charge in [0, 0.05) is 37.1 Å². The van der Waals surface area contributed by atoms with Crippen LogP contribution in [0.25, 0.3) is 10.9 Å². The van der Waals surface area contributed by atoms with E-state index in [9.17, 15) is 0 Å². The van der Waals surface area contributed by atoms with Crippen LogP contribution in [-0.4, -0.2) is 24.8 Å². The molecule has 0 aliphatic carbocycles. The molecule has 0 unspecified atom stereocenters. The van der Waals surface area contributed by atoms with Crippen molar-refractivity contribution in [3.63, 3.8) is 0 Å². The van der Waals surface area contributed by atoms with Crippen LogP contribution in [0.1, 0.15) is 5.69 Å². The van der Waals surface area contributed by atoms with Crippen molar-refractivity contribution >= 4 is 10.9 Å². The molecule has 2 heterocycles. The Bertz CT molecular complexity index is 516. The zero-order valence-electron chi connectivity index (χ0n) is 9.49. The van der Waals surface area contributed by atoms with Crippen LogP contribution in [0.5, 0.6) is 5.75 Å². The second kappa shape index (κ2) is 3.83. The van der Waals surface area contributed by atoms with Gasteiger partial charge < -0.3 is 14.6 Å². The summed E-state index contributed by atoms with van der Waals surface area (Å²) in [6.07, 6.45) is 1.10. The number of benzene rings is 1. The molecule has 0 saturated heterocycles. The number of aromatic nitrogens is 1. The molecule has 0 amide bonds. The van der Waals surface area contributed by atoms with Crippen LogP contribution in [0.15, 0.2) is 24.3 Å². The standard InChI is InChI=1S/C13H16N2O/c1-16-13-4-2-3-12-11(13)9-10-5-6-14-7-8-15(10)12/h2-4,9,14H,5-8H2,1H3. The first-order chi connectivity index (χ1) is 7.90. The minimum atomic E-state index is 0.978.